The highest BCUT2D eigenvalue weighted by atomic mass is 32.1. The molecule has 0 spiro atoms. The number of aromatic carboxylic acids is 1. The van der Waals surface area contributed by atoms with Crippen molar-refractivity contribution in [1.82, 2.24) is 31.0 Å². The molecule has 38 heavy (non-hydrogen) atoms. The van der Waals surface area contributed by atoms with Crippen molar-refractivity contribution in [3.05, 3.63) is 48.2 Å². The molecule has 2 amide bonds. The fourth-order valence-corrected chi connectivity index (χ4v) is 6.67. The number of hydrazine groups is 1. The molecule has 3 aromatic heterocycles. The number of carboxylic acid groups (broad SMARTS) is 1. The molecular formula is C24H33N7O4S3. The van der Waals surface area contributed by atoms with Crippen molar-refractivity contribution in [3.8, 4) is 0 Å². The van der Waals surface area contributed by atoms with Crippen molar-refractivity contribution in [2.45, 2.75) is 59.7 Å². The van der Waals surface area contributed by atoms with Crippen LogP contribution in [0.25, 0.3) is 0 Å². The van der Waals surface area contributed by atoms with Crippen molar-refractivity contribution >= 4 is 51.8 Å². The van der Waals surface area contributed by atoms with Crippen LogP contribution in [-0.2, 0) is 0 Å². The fourth-order valence-electron chi connectivity index (χ4n) is 3.60. The zero-order valence-corrected chi connectivity index (χ0v) is 24.5. The highest BCUT2D eigenvalue weighted by molar-refractivity contribution is 7.10. The van der Waals surface area contributed by atoms with E-state index in [1.54, 1.807) is 10.8 Å². The van der Waals surface area contributed by atoms with Crippen LogP contribution >= 0.6 is 34.0 Å². The molecule has 0 fully saturated rings. The summed E-state index contributed by atoms with van der Waals surface area (Å²) in [4.78, 5) is 50.4. The number of nitrogens with zero attached hydrogens (tertiary/aromatic N) is 3. The van der Waals surface area contributed by atoms with Crippen LogP contribution in [0.4, 0.5) is 0 Å². The molecule has 0 aromatic carbocycles. The van der Waals surface area contributed by atoms with E-state index in [-0.39, 0.29) is 41.1 Å². The number of carbonyl (C=O) groups is 3. The topological polar surface area (TPSA) is 172 Å². The summed E-state index contributed by atoms with van der Waals surface area (Å²) in [6.07, 6.45) is 0. The third kappa shape index (κ3) is 6.99. The van der Waals surface area contributed by atoms with Crippen LogP contribution < -0.4 is 21.9 Å². The number of aromatic nitrogens is 3. The Morgan fingerprint density at radius 3 is 1.34 bits per heavy atom. The van der Waals surface area contributed by atoms with E-state index in [4.69, 9.17) is 5.84 Å². The lowest BCUT2D eigenvalue weighted by molar-refractivity contribution is 0.0690. The SMILES string of the molecule is CC(C)[C@@H](NN)c1nc(C(=O)N[C@@H](c2nc(C(=O)N[C@@H](c3nc(C(=O)O)cs3)C(C)C)cs2)C(C)C)cs1. The van der Waals surface area contributed by atoms with Gasteiger partial charge < -0.3 is 15.7 Å². The van der Waals surface area contributed by atoms with Gasteiger partial charge >= 0.3 is 5.97 Å². The Bertz CT molecular complexity index is 1270. The summed E-state index contributed by atoms with van der Waals surface area (Å²) < 4.78 is 0. The van der Waals surface area contributed by atoms with Crippen LogP contribution in [0.1, 0.15) is 106 Å². The van der Waals surface area contributed by atoms with Crippen molar-refractivity contribution in [2.75, 3.05) is 0 Å². The van der Waals surface area contributed by atoms with Gasteiger partial charge in [0.25, 0.3) is 11.8 Å². The molecule has 3 aromatic rings. The lowest BCUT2D eigenvalue weighted by atomic mass is 10.0. The number of thiazole rings is 3. The van der Waals surface area contributed by atoms with Crippen LogP contribution in [0.3, 0.4) is 0 Å². The van der Waals surface area contributed by atoms with Crippen LogP contribution in [-0.4, -0.2) is 37.8 Å². The van der Waals surface area contributed by atoms with Gasteiger partial charge in [0.1, 0.15) is 26.4 Å². The van der Waals surface area contributed by atoms with Crippen molar-refractivity contribution in [2.24, 2.45) is 23.6 Å². The third-order valence-electron chi connectivity index (χ3n) is 5.80. The molecule has 3 rings (SSSR count). The Labute approximate surface area is 233 Å². The van der Waals surface area contributed by atoms with Crippen LogP contribution in [0.2, 0.25) is 0 Å². The monoisotopic (exact) mass is 579 g/mol. The Kier molecular flexibility index (Phi) is 10.1. The molecule has 0 saturated heterocycles. The summed E-state index contributed by atoms with van der Waals surface area (Å²) in [5.41, 5.74) is 3.21. The molecule has 0 unspecified atom stereocenters. The fraction of sp³-hybridized carbons (Fsp3) is 0.500. The number of hydrogen-bond donors (Lipinski definition) is 5. The zero-order valence-electron chi connectivity index (χ0n) is 22.0. The van der Waals surface area contributed by atoms with E-state index >= 15 is 0 Å². The molecule has 11 nitrogen and oxygen atoms in total. The summed E-state index contributed by atoms with van der Waals surface area (Å²) in [5.74, 6) is 3.99. The molecule has 0 aliphatic carbocycles. The molecule has 6 N–H and O–H groups in total. The first-order valence-electron chi connectivity index (χ1n) is 12.1. The van der Waals surface area contributed by atoms with Gasteiger partial charge in [0.15, 0.2) is 5.69 Å². The van der Waals surface area contributed by atoms with Crippen molar-refractivity contribution in [1.29, 1.82) is 0 Å². The van der Waals surface area contributed by atoms with Crippen LogP contribution in [0.15, 0.2) is 16.1 Å². The number of carbonyl (C=O) groups excluding carboxylic acids is 2. The van der Waals surface area contributed by atoms with Crippen molar-refractivity contribution in [3.63, 3.8) is 0 Å². The first-order chi connectivity index (χ1) is 17.9. The first kappa shape index (κ1) is 29.8. The molecule has 0 saturated carbocycles. The van der Waals surface area contributed by atoms with Gasteiger partial charge in [-0.15, -0.1) is 34.0 Å². The number of nitrogens with two attached hydrogens (primary N) is 1. The molecule has 206 valence electrons. The summed E-state index contributed by atoms with van der Waals surface area (Å²) in [5, 5.41) is 21.8. The van der Waals surface area contributed by atoms with Gasteiger partial charge in [0, 0.05) is 16.1 Å². The molecular weight excluding hydrogens is 547 g/mol. The normalized spacial score (nSPS) is 14.1. The number of rotatable bonds is 12. The van der Waals surface area contributed by atoms with E-state index in [2.05, 4.69) is 31.0 Å². The maximum Gasteiger partial charge on any atom is 0.355 e. The van der Waals surface area contributed by atoms with Gasteiger partial charge in [-0.2, -0.15) is 0 Å². The second-order valence-corrected chi connectivity index (χ2v) is 12.5. The van der Waals surface area contributed by atoms with E-state index in [1.165, 1.54) is 39.4 Å². The minimum atomic E-state index is -1.11. The Hall–Kier alpha value is -2.78. The van der Waals surface area contributed by atoms with E-state index in [1.807, 2.05) is 41.5 Å². The Balaban J connectivity index is 1.74. The molecule has 0 aliphatic rings. The maximum absolute atomic E-state index is 13.1. The van der Waals surface area contributed by atoms with Gasteiger partial charge in [0.2, 0.25) is 0 Å². The maximum atomic E-state index is 13.1. The average molecular weight is 580 g/mol. The minimum Gasteiger partial charge on any atom is -0.476 e. The summed E-state index contributed by atoms with van der Waals surface area (Å²) >= 11 is 3.85. The minimum absolute atomic E-state index is 0.00130. The van der Waals surface area contributed by atoms with E-state index in [9.17, 15) is 19.5 Å². The number of hydrogen-bond acceptors (Lipinski definition) is 11. The third-order valence-corrected chi connectivity index (χ3v) is 8.58. The number of carboxylic acids is 1. The molecule has 3 heterocycles. The van der Waals surface area contributed by atoms with E-state index < -0.39 is 24.0 Å². The smallest absolute Gasteiger partial charge is 0.355 e. The standard InChI is InChI=1S/C24H33N7O4S3/c1-10(2)16(29-20(33)14-8-37-23(27-14)18(31-25)12(5)6)21-26-13(7-36-21)19(32)30-17(11(3)4)22-28-15(9-38-22)24(34)35/h7-12,16-18,31H,25H2,1-6H3,(H,29,33)(H,30,32)(H,34,35)/t16-,17-,18-/m1/s1. The van der Waals surface area contributed by atoms with Crippen LogP contribution in [0, 0.1) is 17.8 Å². The van der Waals surface area contributed by atoms with Gasteiger partial charge in [0.05, 0.1) is 18.1 Å². The molecule has 14 heteroatoms. The van der Waals surface area contributed by atoms with Gasteiger partial charge in [-0.1, -0.05) is 41.5 Å². The highest BCUT2D eigenvalue weighted by Gasteiger charge is 2.28. The van der Waals surface area contributed by atoms with E-state index in [0.29, 0.717) is 15.7 Å². The van der Waals surface area contributed by atoms with E-state index in [0.717, 1.165) is 5.01 Å². The lowest BCUT2D eigenvalue weighted by Crippen LogP contribution is -2.33. The van der Waals surface area contributed by atoms with Gasteiger partial charge in [-0.3, -0.25) is 20.9 Å². The predicted molar refractivity (Wildman–Crippen MR) is 148 cm³/mol. The zero-order chi connectivity index (χ0) is 28.1. The predicted octanol–water partition coefficient (Wildman–Crippen LogP) is 4.17. The average Bonchev–Trinajstić information content (AvgIpc) is 3.61. The largest absolute Gasteiger partial charge is 0.476 e. The number of amides is 2. The first-order valence-corrected chi connectivity index (χ1v) is 14.7. The molecule has 0 bridgehead atoms. The summed E-state index contributed by atoms with van der Waals surface area (Å²) in [6.45, 7) is 11.8. The van der Waals surface area contributed by atoms with Crippen LogP contribution in [0.5, 0.6) is 0 Å². The van der Waals surface area contributed by atoms with Crippen molar-refractivity contribution < 1.29 is 19.5 Å². The lowest BCUT2D eigenvalue weighted by Gasteiger charge is -2.20. The van der Waals surface area contributed by atoms with Gasteiger partial charge in [-0.05, 0) is 17.8 Å². The Morgan fingerprint density at radius 2 is 1.03 bits per heavy atom. The molecule has 3 atom stereocenters. The quantitative estimate of drug-likeness (QED) is 0.156. The second kappa shape index (κ2) is 12.8. The highest BCUT2D eigenvalue weighted by Crippen LogP contribution is 2.29. The summed E-state index contributed by atoms with van der Waals surface area (Å²) in [6, 6.07) is -1.05. The van der Waals surface area contributed by atoms with Gasteiger partial charge in [-0.25, -0.2) is 19.7 Å². The number of nitrogens with one attached hydrogen (secondary N) is 3. The molecule has 0 aliphatic heterocycles. The summed E-state index contributed by atoms with van der Waals surface area (Å²) in [7, 11) is 0. The molecule has 0 radical (unpaired) electrons. The second-order valence-electron chi connectivity index (χ2n) is 9.80. The Morgan fingerprint density at radius 1 is 0.684 bits per heavy atom.